The van der Waals surface area contributed by atoms with Crippen LogP contribution in [-0.4, -0.2) is 28.8 Å². The molecule has 0 radical (unpaired) electrons. The number of thiophene rings is 1. The lowest BCUT2D eigenvalue weighted by molar-refractivity contribution is 0.0604. The van der Waals surface area contributed by atoms with Crippen molar-refractivity contribution < 1.29 is 14.3 Å². The van der Waals surface area contributed by atoms with Gasteiger partial charge in [0.1, 0.15) is 16.3 Å². The van der Waals surface area contributed by atoms with E-state index in [4.69, 9.17) is 4.74 Å². The zero-order valence-corrected chi connectivity index (χ0v) is 12.8. The summed E-state index contributed by atoms with van der Waals surface area (Å²) >= 11 is 1.34. The molecule has 0 spiro atoms. The van der Waals surface area contributed by atoms with E-state index >= 15 is 0 Å². The Morgan fingerprint density at radius 2 is 2.05 bits per heavy atom. The van der Waals surface area contributed by atoms with E-state index in [1.54, 1.807) is 19.3 Å². The molecule has 0 unspecified atom stereocenters. The Balaban J connectivity index is 2.05. The third-order valence-corrected chi connectivity index (χ3v) is 4.35. The summed E-state index contributed by atoms with van der Waals surface area (Å²) in [4.78, 5) is 24.4. The van der Waals surface area contributed by atoms with Gasteiger partial charge in [-0.05, 0) is 12.1 Å². The molecule has 0 saturated heterocycles. The summed E-state index contributed by atoms with van der Waals surface area (Å²) in [7, 11) is 3.00. The fourth-order valence-corrected chi connectivity index (χ4v) is 3.29. The number of nitrogens with zero attached hydrogens (tertiary/aromatic N) is 2. The molecule has 1 amide bonds. The van der Waals surface area contributed by atoms with Crippen LogP contribution in [0.2, 0.25) is 0 Å². The van der Waals surface area contributed by atoms with Gasteiger partial charge in [-0.15, -0.1) is 11.3 Å². The van der Waals surface area contributed by atoms with Gasteiger partial charge in [-0.2, -0.15) is 5.10 Å². The Hall–Kier alpha value is -2.67. The van der Waals surface area contributed by atoms with E-state index in [9.17, 15) is 9.59 Å². The lowest BCUT2D eigenvalue weighted by Gasteiger charge is -2.05. The second kappa shape index (κ2) is 5.61. The number of methoxy groups -OCH3 is 1. The summed E-state index contributed by atoms with van der Waals surface area (Å²) in [5, 5.41) is 7.97. The highest BCUT2D eigenvalue weighted by molar-refractivity contribution is 7.23. The van der Waals surface area contributed by atoms with Crippen molar-refractivity contribution in [2.24, 2.45) is 7.05 Å². The van der Waals surface area contributed by atoms with E-state index in [0.29, 0.717) is 16.3 Å². The number of carbonyl (C=O) groups excluding carboxylic acids is 2. The molecule has 22 heavy (non-hydrogen) atoms. The van der Waals surface area contributed by atoms with Crippen molar-refractivity contribution in [3.05, 3.63) is 47.8 Å². The average molecular weight is 315 g/mol. The Bertz CT molecular complexity index is 866. The second-order valence-corrected chi connectivity index (χ2v) is 5.64. The monoisotopic (exact) mass is 315 g/mol. The standard InChI is InChI=1S/C15H13N3O3S/c1-18-10(7-8-16-18)13(19)17-14-12(15(20)21-2)9-5-3-4-6-11(9)22-14/h3-8H,1-2H3,(H,17,19). The largest absolute Gasteiger partial charge is 0.465 e. The zero-order chi connectivity index (χ0) is 15.7. The lowest BCUT2D eigenvalue weighted by Crippen LogP contribution is -2.17. The first kappa shape index (κ1) is 14.3. The summed E-state index contributed by atoms with van der Waals surface area (Å²) in [6, 6.07) is 9.06. The number of esters is 1. The Morgan fingerprint density at radius 1 is 1.27 bits per heavy atom. The van der Waals surface area contributed by atoms with Crippen LogP contribution in [0.5, 0.6) is 0 Å². The number of nitrogens with one attached hydrogen (secondary N) is 1. The number of ether oxygens (including phenoxy) is 1. The van der Waals surface area contributed by atoms with Crippen LogP contribution in [0.4, 0.5) is 5.00 Å². The summed E-state index contributed by atoms with van der Waals surface area (Å²) in [6.07, 6.45) is 1.54. The van der Waals surface area contributed by atoms with E-state index in [1.165, 1.54) is 23.1 Å². The van der Waals surface area contributed by atoms with Crippen molar-refractivity contribution in [2.45, 2.75) is 0 Å². The number of benzene rings is 1. The van der Waals surface area contributed by atoms with Gasteiger partial charge in [0.15, 0.2) is 0 Å². The molecule has 112 valence electrons. The van der Waals surface area contributed by atoms with Crippen LogP contribution in [0.1, 0.15) is 20.8 Å². The minimum Gasteiger partial charge on any atom is -0.465 e. The molecule has 2 heterocycles. The van der Waals surface area contributed by atoms with Crippen molar-refractivity contribution in [1.82, 2.24) is 9.78 Å². The highest BCUT2D eigenvalue weighted by atomic mass is 32.1. The molecule has 0 aliphatic carbocycles. The molecule has 0 atom stereocenters. The molecule has 3 aromatic rings. The first-order valence-corrected chi connectivity index (χ1v) is 7.32. The summed E-state index contributed by atoms with van der Waals surface area (Å²) < 4.78 is 7.22. The average Bonchev–Trinajstić information content (AvgIpc) is 3.09. The van der Waals surface area contributed by atoms with Crippen LogP contribution in [0, 0.1) is 0 Å². The lowest BCUT2D eigenvalue weighted by atomic mass is 10.1. The number of anilines is 1. The third-order valence-electron chi connectivity index (χ3n) is 3.27. The third kappa shape index (κ3) is 2.35. The molecule has 0 saturated carbocycles. The maximum atomic E-state index is 12.3. The number of hydrogen-bond donors (Lipinski definition) is 1. The van der Waals surface area contributed by atoms with Gasteiger partial charge in [0.25, 0.3) is 5.91 Å². The van der Waals surface area contributed by atoms with Gasteiger partial charge in [-0.25, -0.2) is 4.79 Å². The van der Waals surface area contributed by atoms with Gasteiger partial charge in [-0.3, -0.25) is 9.48 Å². The van der Waals surface area contributed by atoms with Gasteiger partial charge in [0.05, 0.1) is 7.11 Å². The van der Waals surface area contributed by atoms with Crippen molar-refractivity contribution in [2.75, 3.05) is 12.4 Å². The van der Waals surface area contributed by atoms with Gasteiger partial charge < -0.3 is 10.1 Å². The molecule has 0 fully saturated rings. The van der Waals surface area contributed by atoms with Crippen LogP contribution in [0.25, 0.3) is 10.1 Å². The molecule has 6 nitrogen and oxygen atoms in total. The Labute approximate surface area is 130 Å². The number of carbonyl (C=O) groups is 2. The van der Waals surface area contributed by atoms with Crippen molar-refractivity contribution in [1.29, 1.82) is 0 Å². The molecule has 0 bridgehead atoms. The van der Waals surface area contributed by atoms with E-state index < -0.39 is 5.97 Å². The van der Waals surface area contributed by atoms with Gasteiger partial charge in [0.2, 0.25) is 0 Å². The maximum Gasteiger partial charge on any atom is 0.341 e. The molecule has 0 aliphatic heterocycles. The predicted octanol–water partition coefficient (Wildman–Crippen LogP) is 2.67. The van der Waals surface area contributed by atoms with Crippen molar-refractivity contribution >= 4 is 38.3 Å². The predicted molar refractivity (Wildman–Crippen MR) is 84.3 cm³/mol. The SMILES string of the molecule is COC(=O)c1c(NC(=O)c2ccnn2C)sc2ccccc12. The number of aryl methyl sites for hydroxylation is 1. The number of rotatable bonds is 3. The van der Waals surface area contributed by atoms with Gasteiger partial charge >= 0.3 is 5.97 Å². The van der Waals surface area contributed by atoms with E-state index in [0.717, 1.165) is 10.1 Å². The second-order valence-electron chi connectivity index (χ2n) is 4.59. The normalized spacial score (nSPS) is 10.6. The van der Waals surface area contributed by atoms with Crippen LogP contribution in [-0.2, 0) is 11.8 Å². The fraction of sp³-hybridized carbons (Fsp3) is 0.133. The quantitative estimate of drug-likeness (QED) is 0.754. The molecular weight excluding hydrogens is 302 g/mol. The van der Waals surface area contributed by atoms with E-state index in [2.05, 4.69) is 10.4 Å². The first-order valence-electron chi connectivity index (χ1n) is 6.51. The summed E-state index contributed by atoms with van der Waals surface area (Å²) in [6.45, 7) is 0. The first-order chi connectivity index (χ1) is 10.6. The Kier molecular flexibility index (Phi) is 3.64. The molecule has 1 aromatic carbocycles. The highest BCUT2D eigenvalue weighted by Crippen LogP contribution is 2.36. The summed E-state index contributed by atoms with van der Waals surface area (Å²) in [5.74, 6) is -0.797. The van der Waals surface area contributed by atoms with Gasteiger partial charge in [-0.1, -0.05) is 18.2 Å². The molecular formula is C15H13N3O3S. The number of amides is 1. The van der Waals surface area contributed by atoms with Crippen LogP contribution in [0.3, 0.4) is 0 Å². The molecule has 7 heteroatoms. The maximum absolute atomic E-state index is 12.3. The van der Waals surface area contributed by atoms with Crippen LogP contribution in [0.15, 0.2) is 36.5 Å². The van der Waals surface area contributed by atoms with Crippen LogP contribution >= 0.6 is 11.3 Å². The smallest absolute Gasteiger partial charge is 0.341 e. The minimum atomic E-state index is -0.474. The molecule has 2 aromatic heterocycles. The number of hydrogen-bond acceptors (Lipinski definition) is 5. The highest BCUT2D eigenvalue weighted by Gasteiger charge is 2.22. The molecule has 3 rings (SSSR count). The topological polar surface area (TPSA) is 73.2 Å². The van der Waals surface area contributed by atoms with E-state index in [-0.39, 0.29) is 5.91 Å². The van der Waals surface area contributed by atoms with Crippen molar-refractivity contribution in [3.8, 4) is 0 Å². The molecule has 0 aliphatic rings. The Morgan fingerprint density at radius 3 is 2.73 bits per heavy atom. The zero-order valence-electron chi connectivity index (χ0n) is 12.0. The number of fused-ring (bicyclic) bond motifs is 1. The minimum absolute atomic E-state index is 0.322. The van der Waals surface area contributed by atoms with Crippen LogP contribution < -0.4 is 5.32 Å². The fourth-order valence-electron chi connectivity index (χ4n) is 2.20. The molecule has 1 N–H and O–H groups in total. The van der Waals surface area contributed by atoms with E-state index in [1.807, 2.05) is 24.3 Å². The van der Waals surface area contributed by atoms with Gasteiger partial charge in [0, 0.05) is 23.3 Å². The number of aromatic nitrogens is 2. The van der Waals surface area contributed by atoms with Crippen molar-refractivity contribution in [3.63, 3.8) is 0 Å². The summed E-state index contributed by atoms with van der Waals surface area (Å²) in [5.41, 5.74) is 0.784.